The Bertz CT molecular complexity index is 915. The minimum atomic E-state index is -0.184. The minimum Gasteiger partial charge on any atom is -0.454 e. The number of fused-ring (bicyclic) bond motifs is 2. The van der Waals surface area contributed by atoms with E-state index in [4.69, 9.17) is 27.9 Å². The number of carbonyl (C=O) groups is 1. The van der Waals surface area contributed by atoms with Gasteiger partial charge in [-0.1, -0.05) is 47.5 Å². The molecule has 1 saturated heterocycles. The van der Waals surface area contributed by atoms with Crippen LogP contribution in [0.2, 0.25) is 10.0 Å². The standard InChI is InChI=1S/C22H21Cl2NO2/c23-18-8-7-14(10-19(18)24)22-11-15(22)12-25(13-22)9-3-6-20-16-4-1-2-5-17(16)21(26)27-20/h1-2,4-5,7-8,10,15,20H,3,6,9,11-13H2/t15-,20?,22+/m1/s1. The normalized spacial score (nSPS) is 28.7. The Morgan fingerprint density at radius 2 is 2.00 bits per heavy atom. The lowest BCUT2D eigenvalue weighted by atomic mass is 9.95. The van der Waals surface area contributed by atoms with Crippen molar-refractivity contribution in [3.05, 3.63) is 69.2 Å². The van der Waals surface area contributed by atoms with Gasteiger partial charge in [-0.2, -0.15) is 0 Å². The van der Waals surface area contributed by atoms with Gasteiger partial charge in [0.15, 0.2) is 0 Å². The number of benzene rings is 2. The van der Waals surface area contributed by atoms with Crippen LogP contribution >= 0.6 is 23.2 Å². The Kier molecular flexibility index (Phi) is 4.23. The van der Waals surface area contributed by atoms with Crippen molar-refractivity contribution in [2.24, 2.45) is 5.92 Å². The molecular weight excluding hydrogens is 381 g/mol. The Morgan fingerprint density at radius 1 is 1.15 bits per heavy atom. The molecule has 0 amide bonds. The van der Waals surface area contributed by atoms with Crippen molar-refractivity contribution in [2.75, 3.05) is 19.6 Å². The van der Waals surface area contributed by atoms with Crippen LogP contribution in [-0.4, -0.2) is 30.5 Å². The number of cyclic esters (lactones) is 1. The van der Waals surface area contributed by atoms with Gasteiger partial charge in [0.25, 0.3) is 0 Å². The summed E-state index contributed by atoms with van der Waals surface area (Å²) >= 11 is 12.3. The Labute approximate surface area is 169 Å². The first-order valence-corrected chi connectivity index (χ1v) is 10.3. The van der Waals surface area contributed by atoms with Crippen LogP contribution in [0.5, 0.6) is 0 Å². The van der Waals surface area contributed by atoms with Gasteiger partial charge < -0.3 is 9.64 Å². The number of ether oxygens (including phenoxy) is 1. The quantitative estimate of drug-likeness (QED) is 0.639. The molecule has 3 nitrogen and oxygen atoms in total. The maximum atomic E-state index is 11.9. The molecule has 0 aromatic heterocycles. The average molecular weight is 402 g/mol. The monoisotopic (exact) mass is 401 g/mol. The van der Waals surface area contributed by atoms with Crippen molar-refractivity contribution in [1.29, 1.82) is 0 Å². The molecule has 2 heterocycles. The lowest BCUT2D eigenvalue weighted by Gasteiger charge is -2.22. The van der Waals surface area contributed by atoms with Crippen molar-refractivity contribution in [3.8, 4) is 0 Å². The van der Waals surface area contributed by atoms with Crippen molar-refractivity contribution in [1.82, 2.24) is 4.90 Å². The molecule has 2 fully saturated rings. The molecule has 2 aromatic carbocycles. The molecule has 27 heavy (non-hydrogen) atoms. The van der Waals surface area contributed by atoms with E-state index in [1.54, 1.807) is 0 Å². The van der Waals surface area contributed by atoms with Crippen LogP contribution in [0.25, 0.3) is 0 Å². The number of nitrogens with zero attached hydrogens (tertiary/aromatic N) is 1. The third kappa shape index (κ3) is 2.97. The average Bonchev–Trinajstić information content (AvgIpc) is 3.09. The molecule has 0 bridgehead atoms. The second-order valence-corrected chi connectivity index (χ2v) is 8.86. The Morgan fingerprint density at radius 3 is 2.85 bits per heavy atom. The Balaban J connectivity index is 1.19. The van der Waals surface area contributed by atoms with Crippen LogP contribution < -0.4 is 0 Å². The topological polar surface area (TPSA) is 29.5 Å². The highest BCUT2D eigenvalue weighted by Gasteiger charge is 2.60. The first-order valence-electron chi connectivity index (χ1n) is 9.55. The van der Waals surface area contributed by atoms with Gasteiger partial charge in [0.2, 0.25) is 0 Å². The molecule has 1 saturated carbocycles. The number of piperidine rings is 1. The van der Waals surface area contributed by atoms with Crippen LogP contribution in [-0.2, 0) is 10.2 Å². The summed E-state index contributed by atoms with van der Waals surface area (Å²) in [5.41, 5.74) is 3.35. The van der Waals surface area contributed by atoms with Gasteiger partial charge in [-0.25, -0.2) is 4.79 Å². The highest BCUT2D eigenvalue weighted by Crippen LogP contribution is 2.59. The first-order chi connectivity index (χ1) is 13.1. The van der Waals surface area contributed by atoms with Gasteiger partial charge >= 0.3 is 5.97 Å². The predicted octanol–water partition coefficient (Wildman–Crippen LogP) is 5.26. The number of hydrogen-bond acceptors (Lipinski definition) is 3. The highest BCUT2D eigenvalue weighted by atomic mass is 35.5. The summed E-state index contributed by atoms with van der Waals surface area (Å²) in [7, 11) is 0. The van der Waals surface area contributed by atoms with E-state index >= 15 is 0 Å². The van der Waals surface area contributed by atoms with E-state index in [-0.39, 0.29) is 17.5 Å². The zero-order valence-electron chi connectivity index (χ0n) is 15.0. The number of halogens is 2. The maximum absolute atomic E-state index is 11.9. The summed E-state index contributed by atoms with van der Waals surface area (Å²) in [4.78, 5) is 14.5. The maximum Gasteiger partial charge on any atom is 0.339 e. The van der Waals surface area contributed by atoms with Crippen molar-refractivity contribution < 1.29 is 9.53 Å². The molecule has 3 atom stereocenters. The van der Waals surface area contributed by atoms with E-state index in [2.05, 4.69) is 11.0 Å². The van der Waals surface area contributed by atoms with E-state index in [0.29, 0.717) is 10.0 Å². The fraction of sp³-hybridized carbons (Fsp3) is 0.409. The number of carbonyl (C=O) groups excluding carboxylic acids is 1. The highest BCUT2D eigenvalue weighted by molar-refractivity contribution is 6.42. The molecule has 5 heteroatoms. The zero-order valence-corrected chi connectivity index (χ0v) is 16.5. The van der Waals surface area contributed by atoms with Crippen molar-refractivity contribution >= 4 is 29.2 Å². The van der Waals surface area contributed by atoms with Gasteiger partial charge in [0.05, 0.1) is 15.6 Å². The molecule has 0 radical (unpaired) electrons. The van der Waals surface area contributed by atoms with Gasteiger partial charge in [-0.05, 0) is 55.5 Å². The molecule has 2 aromatic rings. The second kappa shape index (κ2) is 6.51. The summed E-state index contributed by atoms with van der Waals surface area (Å²) in [5, 5.41) is 1.27. The SMILES string of the molecule is O=C1OC(CCCN2C[C@H]3C[C@@]3(c3ccc(Cl)c(Cl)c3)C2)c2ccccc21. The van der Waals surface area contributed by atoms with Gasteiger partial charge in [0.1, 0.15) is 6.10 Å². The van der Waals surface area contributed by atoms with Crippen molar-refractivity contribution in [3.63, 3.8) is 0 Å². The second-order valence-electron chi connectivity index (χ2n) is 8.04. The van der Waals surface area contributed by atoms with Crippen LogP contribution in [0.4, 0.5) is 0 Å². The molecular formula is C22H21Cl2NO2. The van der Waals surface area contributed by atoms with Crippen molar-refractivity contribution in [2.45, 2.75) is 30.8 Å². The number of hydrogen-bond donors (Lipinski definition) is 0. The molecule has 0 spiro atoms. The predicted molar refractivity (Wildman–Crippen MR) is 107 cm³/mol. The fourth-order valence-corrected chi connectivity index (χ4v) is 5.24. The van der Waals surface area contributed by atoms with Gasteiger partial charge in [0, 0.05) is 24.1 Å². The summed E-state index contributed by atoms with van der Waals surface area (Å²) in [6, 6.07) is 13.8. The first kappa shape index (κ1) is 17.5. The molecule has 5 rings (SSSR count). The fourth-order valence-electron chi connectivity index (χ4n) is 4.94. The van der Waals surface area contributed by atoms with E-state index in [1.807, 2.05) is 36.4 Å². The lowest BCUT2D eigenvalue weighted by Crippen LogP contribution is -2.27. The number of rotatable bonds is 5. The number of esters is 1. The summed E-state index contributed by atoms with van der Waals surface area (Å²) in [5.74, 6) is 0.538. The molecule has 1 unspecified atom stereocenters. The molecule has 3 aliphatic rings. The minimum absolute atomic E-state index is 0.0881. The van der Waals surface area contributed by atoms with Crippen LogP contribution in [0, 0.1) is 5.92 Å². The largest absolute Gasteiger partial charge is 0.454 e. The van der Waals surface area contributed by atoms with Gasteiger partial charge in [-0.15, -0.1) is 0 Å². The van der Waals surface area contributed by atoms with Crippen LogP contribution in [0.3, 0.4) is 0 Å². The summed E-state index contributed by atoms with van der Waals surface area (Å²) in [6.07, 6.45) is 3.06. The smallest absolute Gasteiger partial charge is 0.339 e. The molecule has 1 aliphatic carbocycles. The molecule has 140 valence electrons. The molecule has 2 aliphatic heterocycles. The summed E-state index contributed by atoms with van der Waals surface area (Å²) < 4.78 is 5.56. The third-order valence-corrected chi connectivity index (χ3v) is 7.17. The number of likely N-dealkylation sites (tertiary alicyclic amines) is 1. The third-order valence-electron chi connectivity index (χ3n) is 6.43. The van der Waals surface area contributed by atoms with Crippen LogP contribution in [0.15, 0.2) is 42.5 Å². The lowest BCUT2D eigenvalue weighted by molar-refractivity contribution is 0.0359. The Hall–Kier alpha value is -1.55. The van der Waals surface area contributed by atoms with E-state index in [0.717, 1.165) is 49.5 Å². The van der Waals surface area contributed by atoms with E-state index in [1.165, 1.54) is 12.0 Å². The zero-order chi connectivity index (χ0) is 18.6. The molecule has 0 N–H and O–H groups in total. The summed E-state index contributed by atoms with van der Waals surface area (Å²) in [6.45, 7) is 3.26. The van der Waals surface area contributed by atoms with Gasteiger partial charge in [-0.3, -0.25) is 0 Å². The van der Waals surface area contributed by atoms with E-state index in [9.17, 15) is 4.79 Å². The van der Waals surface area contributed by atoms with E-state index < -0.39 is 0 Å². The van der Waals surface area contributed by atoms with Crippen LogP contribution in [0.1, 0.15) is 46.9 Å².